The van der Waals surface area contributed by atoms with E-state index in [1.165, 1.54) is 0 Å². The van der Waals surface area contributed by atoms with Gasteiger partial charge in [-0.15, -0.1) is 0 Å². The lowest BCUT2D eigenvalue weighted by Crippen LogP contribution is -2.22. The highest BCUT2D eigenvalue weighted by Crippen LogP contribution is 2.20. The van der Waals surface area contributed by atoms with Crippen molar-refractivity contribution < 1.29 is 9.53 Å². The van der Waals surface area contributed by atoms with Crippen LogP contribution in [0.4, 0.5) is 0 Å². The van der Waals surface area contributed by atoms with Crippen LogP contribution < -0.4 is 4.74 Å². The van der Waals surface area contributed by atoms with Gasteiger partial charge in [0, 0.05) is 5.92 Å². The zero-order chi connectivity index (χ0) is 13.1. The van der Waals surface area contributed by atoms with E-state index in [9.17, 15) is 4.79 Å². The fourth-order valence-corrected chi connectivity index (χ4v) is 1.56. The van der Waals surface area contributed by atoms with Crippen molar-refractivity contribution >= 4 is 16.8 Å². The highest BCUT2D eigenvalue weighted by Gasteiger charge is 2.13. The van der Waals surface area contributed by atoms with Crippen LogP contribution in [-0.4, -0.2) is 10.8 Å². The molecule has 0 radical (unpaired) electrons. The molecule has 0 aliphatic heterocycles. The Morgan fingerprint density at radius 2 is 1.82 bits per heavy atom. The summed E-state index contributed by atoms with van der Waals surface area (Å²) >= 11 is 5.43. The topological polar surface area (TPSA) is 26.3 Å². The number of hydrogen-bond donors (Lipinski definition) is 0. The minimum absolute atomic E-state index is 0.147. The van der Waals surface area contributed by atoms with E-state index in [0.717, 1.165) is 11.3 Å². The van der Waals surface area contributed by atoms with Gasteiger partial charge < -0.3 is 4.74 Å². The largest absolute Gasteiger partial charge is 0.488 e. The predicted molar refractivity (Wildman–Crippen MR) is 70.6 cm³/mol. The Morgan fingerprint density at radius 1 is 1.29 bits per heavy atom. The Balaban J connectivity index is 2.65. The van der Waals surface area contributed by atoms with Gasteiger partial charge in [0.1, 0.15) is 11.4 Å². The van der Waals surface area contributed by atoms with Crippen molar-refractivity contribution in [3.05, 3.63) is 29.8 Å². The predicted octanol–water partition coefficient (Wildman–Crippen LogP) is 3.81. The molecule has 0 saturated carbocycles. The standard InChI is InChI=1S/C14H19ClO2/c1-10(13(15)16)9-11-5-7-12(8-6-11)17-14(2,3)4/h5-8,10H,9H2,1-4H3/t10-/m0/s1. The van der Waals surface area contributed by atoms with Crippen LogP contribution in [0.1, 0.15) is 33.3 Å². The smallest absolute Gasteiger partial charge is 0.224 e. The van der Waals surface area contributed by atoms with Crippen LogP contribution in [-0.2, 0) is 11.2 Å². The normalized spacial score (nSPS) is 13.2. The Bertz CT molecular complexity index is 376. The van der Waals surface area contributed by atoms with E-state index in [4.69, 9.17) is 16.3 Å². The maximum absolute atomic E-state index is 10.9. The number of ether oxygens (including phenoxy) is 1. The molecule has 0 aromatic heterocycles. The van der Waals surface area contributed by atoms with Gasteiger partial charge in [0.15, 0.2) is 0 Å². The summed E-state index contributed by atoms with van der Waals surface area (Å²) in [4.78, 5) is 10.9. The lowest BCUT2D eigenvalue weighted by molar-refractivity contribution is -0.114. The molecular formula is C14H19ClO2. The minimum Gasteiger partial charge on any atom is -0.488 e. The molecule has 0 saturated heterocycles. The quantitative estimate of drug-likeness (QED) is 0.764. The SMILES string of the molecule is C[C@@H](Cc1ccc(OC(C)(C)C)cc1)C(=O)Cl. The maximum atomic E-state index is 10.9. The molecule has 1 atom stereocenters. The van der Waals surface area contributed by atoms with Gasteiger partial charge in [-0.1, -0.05) is 19.1 Å². The number of rotatable bonds is 4. The second-order valence-corrected chi connectivity index (χ2v) is 5.64. The molecule has 0 aliphatic rings. The van der Waals surface area contributed by atoms with Crippen molar-refractivity contribution in [3.8, 4) is 5.75 Å². The average Bonchev–Trinajstić information content (AvgIpc) is 2.18. The molecule has 0 bridgehead atoms. The van der Waals surface area contributed by atoms with Crippen LogP contribution in [0.5, 0.6) is 5.75 Å². The van der Waals surface area contributed by atoms with Gasteiger partial charge in [0.25, 0.3) is 0 Å². The summed E-state index contributed by atoms with van der Waals surface area (Å²) in [5, 5.41) is -0.292. The molecule has 0 aliphatic carbocycles. The van der Waals surface area contributed by atoms with E-state index in [-0.39, 0.29) is 16.8 Å². The number of hydrogen-bond acceptors (Lipinski definition) is 2. The van der Waals surface area contributed by atoms with Crippen LogP contribution in [0.2, 0.25) is 0 Å². The molecular weight excluding hydrogens is 236 g/mol. The van der Waals surface area contributed by atoms with Crippen molar-refractivity contribution in [2.24, 2.45) is 5.92 Å². The first-order valence-corrected chi connectivity index (χ1v) is 6.13. The molecule has 0 unspecified atom stereocenters. The number of benzene rings is 1. The Kier molecular flexibility index (Phi) is 4.58. The number of carbonyl (C=O) groups excluding carboxylic acids is 1. The fourth-order valence-electron chi connectivity index (χ4n) is 1.48. The molecule has 1 rings (SSSR count). The molecule has 0 heterocycles. The van der Waals surface area contributed by atoms with Crippen molar-refractivity contribution in [2.75, 3.05) is 0 Å². The van der Waals surface area contributed by atoms with Gasteiger partial charge in [-0.2, -0.15) is 0 Å². The lowest BCUT2D eigenvalue weighted by Gasteiger charge is -2.21. The summed E-state index contributed by atoms with van der Waals surface area (Å²) in [6, 6.07) is 7.78. The van der Waals surface area contributed by atoms with Gasteiger partial charge in [0.05, 0.1) is 0 Å². The van der Waals surface area contributed by atoms with Crippen molar-refractivity contribution in [1.29, 1.82) is 0 Å². The summed E-state index contributed by atoms with van der Waals surface area (Å²) in [6.07, 6.45) is 0.665. The molecule has 1 aromatic rings. The van der Waals surface area contributed by atoms with Crippen LogP contribution in [0.25, 0.3) is 0 Å². The molecule has 17 heavy (non-hydrogen) atoms. The molecule has 0 amide bonds. The van der Waals surface area contributed by atoms with E-state index >= 15 is 0 Å². The zero-order valence-electron chi connectivity index (χ0n) is 10.8. The second kappa shape index (κ2) is 5.54. The van der Waals surface area contributed by atoms with Crippen molar-refractivity contribution in [1.82, 2.24) is 0 Å². The summed E-state index contributed by atoms with van der Waals surface area (Å²) in [5.74, 6) is 0.692. The highest BCUT2D eigenvalue weighted by molar-refractivity contribution is 6.63. The Hall–Kier alpha value is -1.02. The molecule has 0 fully saturated rings. The Labute approximate surface area is 108 Å². The molecule has 0 N–H and O–H groups in total. The van der Waals surface area contributed by atoms with E-state index in [1.54, 1.807) is 0 Å². The van der Waals surface area contributed by atoms with Gasteiger partial charge in [0.2, 0.25) is 5.24 Å². The van der Waals surface area contributed by atoms with E-state index in [2.05, 4.69) is 0 Å². The van der Waals surface area contributed by atoms with E-state index < -0.39 is 0 Å². The number of carbonyl (C=O) groups is 1. The van der Waals surface area contributed by atoms with Gasteiger partial charge >= 0.3 is 0 Å². The average molecular weight is 255 g/mol. The Morgan fingerprint density at radius 3 is 2.24 bits per heavy atom. The van der Waals surface area contributed by atoms with Crippen LogP contribution in [0, 0.1) is 5.92 Å². The summed E-state index contributed by atoms with van der Waals surface area (Å²) in [6.45, 7) is 7.86. The van der Waals surface area contributed by atoms with Gasteiger partial charge in [-0.3, -0.25) is 4.79 Å². The third-order valence-corrected chi connectivity index (χ3v) is 2.65. The molecule has 0 spiro atoms. The van der Waals surface area contributed by atoms with Crippen molar-refractivity contribution in [2.45, 2.75) is 39.7 Å². The first-order valence-electron chi connectivity index (χ1n) is 5.75. The molecule has 3 heteroatoms. The fraction of sp³-hybridized carbons (Fsp3) is 0.500. The summed E-state index contributed by atoms with van der Waals surface area (Å²) in [7, 11) is 0. The van der Waals surface area contributed by atoms with Crippen LogP contribution >= 0.6 is 11.6 Å². The van der Waals surface area contributed by atoms with Crippen LogP contribution in [0.15, 0.2) is 24.3 Å². The molecule has 1 aromatic carbocycles. The summed E-state index contributed by atoms with van der Waals surface area (Å²) < 4.78 is 5.72. The van der Waals surface area contributed by atoms with Crippen molar-refractivity contribution in [3.63, 3.8) is 0 Å². The summed E-state index contributed by atoms with van der Waals surface area (Å²) in [5.41, 5.74) is 0.897. The lowest BCUT2D eigenvalue weighted by atomic mass is 10.0. The van der Waals surface area contributed by atoms with E-state index in [0.29, 0.717) is 6.42 Å². The van der Waals surface area contributed by atoms with Crippen LogP contribution in [0.3, 0.4) is 0 Å². The third kappa shape index (κ3) is 5.22. The first kappa shape index (κ1) is 14.0. The minimum atomic E-state index is -0.292. The number of halogens is 1. The maximum Gasteiger partial charge on any atom is 0.224 e. The molecule has 2 nitrogen and oxygen atoms in total. The van der Waals surface area contributed by atoms with Gasteiger partial charge in [-0.05, 0) is 56.5 Å². The monoisotopic (exact) mass is 254 g/mol. The third-order valence-electron chi connectivity index (χ3n) is 2.28. The highest BCUT2D eigenvalue weighted by atomic mass is 35.5. The second-order valence-electron chi connectivity index (χ2n) is 5.27. The zero-order valence-corrected chi connectivity index (χ0v) is 11.5. The first-order chi connectivity index (χ1) is 7.78. The molecule has 94 valence electrons. The van der Waals surface area contributed by atoms with E-state index in [1.807, 2.05) is 52.0 Å². The van der Waals surface area contributed by atoms with Gasteiger partial charge in [-0.25, -0.2) is 0 Å².